The van der Waals surface area contributed by atoms with Crippen LogP contribution in [0.2, 0.25) is 5.15 Å². The number of benzene rings is 1. The molecule has 156 valence electrons. The smallest absolute Gasteiger partial charge is 0.244 e. The third-order valence-electron chi connectivity index (χ3n) is 5.26. The summed E-state index contributed by atoms with van der Waals surface area (Å²) in [5, 5.41) is 3.52. The average molecular weight is 425 g/mol. The lowest BCUT2D eigenvalue weighted by atomic mass is 10.0. The van der Waals surface area contributed by atoms with Crippen LogP contribution in [0.15, 0.2) is 54.7 Å². The van der Waals surface area contributed by atoms with Crippen LogP contribution in [0, 0.1) is 6.92 Å². The number of halogens is 1. The summed E-state index contributed by atoms with van der Waals surface area (Å²) in [7, 11) is 0. The molecular weight excluding hydrogens is 400 g/mol. The maximum atomic E-state index is 12.8. The van der Waals surface area contributed by atoms with Crippen molar-refractivity contribution in [3.63, 3.8) is 0 Å². The van der Waals surface area contributed by atoms with E-state index in [0.717, 1.165) is 44.1 Å². The van der Waals surface area contributed by atoms with Gasteiger partial charge in [0.25, 0.3) is 0 Å². The predicted octanol–water partition coefficient (Wildman–Crippen LogP) is 3.50. The lowest BCUT2D eigenvalue weighted by molar-refractivity contribution is -0.117. The highest BCUT2D eigenvalue weighted by Gasteiger charge is 2.19. The zero-order chi connectivity index (χ0) is 20.9. The number of carbonyl (C=O) groups excluding carboxylic acids is 1. The molecule has 7 heteroatoms. The van der Waals surface area contributed by atoms with E-state index in [1.165, 1.54) is 11.6 Å². The van der Waals surface area contributed by atoms with Crippen molar-refractivity contribution >= 4 is 29.2 Å². The van der Waals surface area contributed by atoms with Crippen LogP contribution >= 0.6 is 11.6 Å². The summed E-state index contributed by atoms with van der Waals surface area (Å²) in [5.41, 5.74) is 3.70. The number of carbonyl (C=O) groups is 1. The number of imidazole rings is 1. The van der Waals surface area contributed by atoms with E-state index in [0.29, 0.717) is 10.8 Å². The van der Waals surface area contributed by atoms with Crippen molar-refractivity contribution in [2.75, 3.05) is 32.8 Å². The number of ether oxygens (including phenoxy) is 1. The van der Waals surface area contributed by atoms with Gasteiger partial charge in [-0.05, 0) is 30.7 Å². The monoisotopic (exact) mass is 424 g/mol. The highest BCUT2D eigenvalue weighted by molar-refractivity contribution is 6.31. The summed E-state index contributed by atoms with van der Waals surface area (Å²) >= 11 is 6.26. The second-order valence-electron chi connectivity index (χ2n) is 7.43. The molecule has 0 radical (unpaired) electrons. The molecule has 6 nitrogen and oxygen atoms in total. The first-order chi connectivity index (χ1) is 14.6. The van der Waals surface area contributed by atoms with Gasteiger partial charge in [0.2, 0.25) is 5.91 Å². The molecule has 0 unspecified atom stereocenters. The van der Waals surface area contributed by atoms with Crippen LogP contribution in [-0.2, 0) is 9.53 Å². The summed E-state index contributed by atoms with van der Waals surface area (Å²) in [6.07, 6.45) is 5.10. The number of aryl methyl sites for hydroxylation is 1. The maximum absolute atomic E-state index is 12.8. The van der Waals surface area contributed by atoms with E-state index in [-0.39, 0.29) is 11.9 Å². The lowest BCUT2D eigenvalue weighted by Gasteiger charge is -2.31. The lowest BCUT2D eigenvalue weighted by Crippen LogP contribution is -2.42. The zero-order valence-electron chi connectivity index (χ0n) is 16.9. The third-order valence-corrected chi connectivity index (χ3v) is 5.53. The van der Waals surface area contributed by atoms with Crippen LogP contribution in [0.1, 0.15) is 22.9 Å². The van der Waals surface area contributed by atoms with E-state index < -0.39 is 0 Å². The fourth-order valence-corrected chi connectivity index (χ4v) is 3.83. The molecule has 1 aliphatic rings. The second-order valence-corrected chi connectivity index (χ2v) is 7.79. The summed E-state index contributed by atoms with van der Waals surface area (Å²) in [4.78, 5) is 19.4. The van der Waals surface area contributed by atoms with Gasteiger partial charge in [-0.15, -0.1) is 0 Å². The molecule has 3 aromatic rings. The molecule has 3 heterocycles. The Bertz CT molecular complexity index is 1040. The van der Waals surface area contributed by atoms with Gasteiger partial charge in [0.1, 0.15) is 5.65 Å². The Morgan fingerprint density at radius 2 is 2.00 bits per heavy atom. The number of aromatic nitrogens is 2. The molecule has 1 amide bonds. The van der Waals surface area contributed by atoms with Crippen LogP contribution in [0.25, 0.3) is 11.7 Å². The third kappa shape index (κ3) is 4.90. The van der Waals surface area contributed by atoms with Crippen molar-refractivity contribution < 1.29 is 9.53 Å². The molecule has 1 N–H and O–H groups in total. The van der Waals surface area contributed by atoms with Crippen LogP contribution in [0.4, 0.5) is 0 Å². The van der Waals surface area contributed by atoms with Crippen molar-refractivity contribution in [3.8, 4) is 0 Å². The number of pyridine rings is 1. The molecule has 2 aromatic heterocycles. The van der Waals surface area contributed by atoms with Crippen LogP contribution < -0.4 is 5.32 Å². The average Bonchev–Trinajstić information content (AvgIpc) is 3.08. The first-order valence-corrected chi connectivity index (χ1v) is 10.5. The molecule has 4 rings (SSSR count). The van der Waals surface area contributed by atoms with E-state index in [4.69, 9.17) is 16.3 Å². The first-order valence-electron chi connectivity index (χ1n) is 10.1. The summed E-state index contributed by atoms with van der Waals surface area (Å²) in [5.74, 6) is -0.171. The van der Waals surface area contributed by atoms with Crippen molar-refractivity contribution in [1.29, 1.82) is 0 Å². The number of hydrogen-bond acceptors (Lipinski definition) is 4. The van der Waals surface area contributed by atoms with Crippen LogP contribution in [0.5, 0.6) is 0 Å². The van der Waals surface area contributed by atoms with Gasteiger partial charge in [0, 0.05) is 31.9 Å². The topological polar surface area (TPSA) is 58.9 Å². The van der Waals surface area contributed by atoms with E-state index in [1.54, 1.807) is 6.08 Å². The molecule has 30 heavy (non-hydrogen) atoms. The van der Waals surface area contributed by atoms with Crippen molar-refractivity contribution in [2.24, 2.45) is 0 Å². The Morgan fingerprint density at radius 3 is 2.77 bits per heavy atom. The van der Waals surface area contributed by atoms with Gasteiger partial charge in [-0.2, -0.15) is 0 Å². The molecular formula is C23H25ClN4O2. The standard InChI is InChI=1S/C23H25ClN4O2/c1-17-5-7-18(8-6-17)19(16-27-12-14-30-15-13-27)25-22(29)10-9-20-23(24)26-21-4-2-3-11-28(20)21/h2-11,19H,12-16H2,1H3,(H,25,29)/b10-9+/t19-/m1/s1. The quantitative estimate of drug-likeness (QED) is 0.615. The minimum Gasteiger partial charge on any atom is -0.379 e. The highest BCUT2D eigenvalue weighted by Crippen LogP contribution is 2.20. The maximum Gasteiger partial charge on any atom is 0.244 e. The van der Waals surface area contributed by atoms with E-state index in [2.05, 4.69) is 46.4 Å². The molecule has 1 aliphatic heterocycles. The van der Waals surface area contributed by atoms with Crippen molar-refractivity contribution in [2.45, 2.75) is 13.0 Å². The zero-order valence-corrected chi connectivity index (χ0v) is 17.7. The minimum absolute atomic E-state index is 0.112. The molecule has 1 aromatic carbocycles. The number of hydrogen-bond donors (Lipinski definition) is 1. The summed E-state index contributed by atoms with van der Waals surface area (Å²) < 4.78 is 7.31. The Labute approximate surface area is 181 Å². The fourth-order valence-electron chi connectivity index (χ4n) is 3.58. The number of fused-ring (bicyclic) bond motifs is 1. The van der Waals surface area contributed by atoms with Gasteiger partial charge in [-0.1, -0.05) is 47.5 Å². The molecule has 0 saturated carbocycles. The molecule has 0 aliphatic carbocycles. The van der Waals surface area contributed by atoms with Gasteiger partial charge in [-0.25, -0.2) is 4.98 Å². The van der Waals surface area contributed by atoms with Gasteiger partial charge < -0.3 is 10.1 Å². The van der Waals surface area contributed by atoms with Crippen molar-refractivity contribution in [3.05, 3.63) is 76.7 Å². The molecule has 1 fully saturated rings. The van der Waals surface area contributed by atoms with E-state index in [9.17, 15) is 4.79 Å². The number of rotatable bonds is 6. The van der Waals surface area contributed by atoms with Gasteiger partial charge in [-0.3, -0.25) is 14.1 Å². The Hall–Kier alpha value is -2.67. The van der Waals surface area contributed by atoms with Crippen molar-refractivity contribution in [1.82, 2.24) is 19.6 Å². The number of nitrogens with one attached hydrogen (secondary N) is 1. The fraction of sp³-hybridized carbons (Fsp3) is 0.304. The van der Waals surface area contributed by atoms with Gasteiger partial charge in [0.05, 0.1) is 24.9 Å². The van der Waals surface area contributed by atoms with Gasteiger partial charge in [0.15, 0.2) is 5.15 Å². The molecule has 1 atom stereocenters. The number of amides is 1. The second kappa shape index (κ2) is 9.43. The Morgan fingerprint density at radius 1 is 1.23 bits per heavy atom. The van der Waals surface area contributed by atoms with Crippen LogP contribution in [0.3, 0.4) is 0 Å². The normalized spacial score (nSPS) is 16.2. The number of nitrogens with zero attached hydrogens (tertiary/aromatic N) is 3. The predicted molar refractivity (Wildman–Crippen MR) is 119 cm³/mol. The molecule has 0 bridgehead atoms. The van der Waals surface area contributed by atoms with E-state index in [1.807, 2.05) is 28.8 Å². The number of morpholine rings is 1. The molecule has 0 spiro atoms. The van der Waals surface area contributed by atoms with Crippen LogP contribution in [-0.4, -0.2) is 53.0 Å². The minimum atomic E-state index is -0.171. The SMILES string of the molecule is Cc1ccc([C@@H](CN2CCOCC2)NC(=O)/C=C/c2c(Cl)nc3ccccn23)cc1. The molecule has 1 saturated heterocycles. The Kier molecular flexibility index (Phi) is 6.47. The highest BCUT2D eigenvalue weighted by atomic mass is 35.5. The Balaban J connectivity index is 1.51. The van der Waals surface area contributed by atoms with E-state index >= 15 is 0 Å². The van der Waals surface area contributed by atoms with Gasteiger partial charge >= 0.3 is 0 Å². The summed E-state index contributed by atoms with van der Waals surface area (Å²) in [6.45, 7) is 5.98. The first kappa shape index (κ1) is 20.6. The largest absolute Gasteiger partial charge is 0.379 e. The summed E-state index contributed by atoms with van der Waals surface area (Å²) in [6, 6.07) is 13.9.